The molecule has 2 rings (SSSR count). The summed E-state index contributed by atoms with van der Waals surface area (Å²) in [5.74, 6) is -0.641. The van der Waals surface area contributed by atoms with Gasteiger partial charge in [0.15, 0.2) is 5.75 Å². The van der Waals surface area contributed by atoms with Gasteiger partial charge in [0.1, 0.15) is 11.8 Å². The molecule has 7 heteroatoms. The maximum atomic E-state index is 12.5. The zero-order valence-electron chi connectivity index (χ0n) is 12.6. The maximum absolute atomic E-state index is 12.5. The molecule has 0 aliphatic heterocycles. The van der Waals surface area contributed by atoms with Gasteiger partial charge in [0.25, 0.3) is 5.91 Å². The van der Waals surface area contributed by atoms with E-state index >= 15 is 0 Å². The number of amides is 1. The number of ether oxygens (including phenoxy) is 1. The summed E-state index contributed by atoms with van der Waals surface area (Å²) in [6, 6.07) is 5.75. The number of carboxylic acid groups (broad SMARTS) is 1. The number of benzene rings is 1. The van der Waals surface area contributed by atoms with Crippen LogP contribution in [0.4, 0.5) is 0 Å². The van der Waals surface area contributed by atoms with Crippen LogP contribution in [0.25, 0.3) is 0 Å². The fourth-order valence-electron chi connectivity index (χ4n) is 1.84. The Morgan fingerprint density at radius 3 is 2.64 bits per heavy atom. The monoisotopic (exact) mass is 303 g/mol. The van der Waals surface area contributed by atoms with Crippen LogP contribution in [0.2, 0.25) is 0 Å². The van der Waals surface area contributed by atoms with Crippen LogP contribution in [0, 0.1) is 0 Å². The Labute approximate surface area is 127 Å². The summed E-state index contributed by atoms with van der Waals surface area (Å²) in [5, 5.41) is 13.0. The average molecular weight is 303 g/mol. The molecule has 1 aromatic carbocycles. The summed E-state index contributed by atoms with van der Waals surface area (Å²) in [6.45, 7) is 1.45. The number of aryl methyl sites for hydroxylation is 1. The predicted octanol–water partition coefficient (Wildman–Crippen LogP) is 1.76. The quantitative estimate of drug-likeness (QED) is 0.909. The van der Waals surface area contributed by atoms with E-state index in [1.165, 1.54) is 20.2 Å². The van der Waals surface area contributed by atoms with Crippen LogP contribution in [0.1, 0.15) is 17.3 Å². The van der Waals surface area contributed by atoms with Crippen molar-refractivity contribution in [3.05, 3.63) is 42.2 Å². The predicted molar refractivity (Wildman–Crippen MR) is 78.9 cm³/mol. The molecule has 1 aromatic heterocycles. The molecule has 0 radical (unpaired) electrons. The van der Waals surface area contributed by atoms with E-state index in [9.17, 15) is 9.59 Å². The molecule has 2 aromatic rings. The second-order valence-electron chi connectivity index (χ2n) is 4.88. The largest absolute Gasteiger partial charge is 0.480 e. The number of likely N-dealkylation sites (N-methyl/N-ethyl adjacent to an activating group) is 1. The second-order valence-corrected chi connectivity index (χ2v) is 4.88. The standard InChI is InChI=1S/C15H17N3O4/c1-10(15(20)21)18(3)14(19)12-6-4-5-7-13(12)22-11-8-16-17(2)9-11/h4-10H,1-3H3,(H,20,21). The smallest absolute Gasteiger partial charge is 0.326 e. The zero-order chi connectivity index (χ0) is 16.3. The SMILES string of the molecule is CC(C(=O)O)N(C)C(=O)c1ccccc1Oc1cnn(C)c1. The number of rotatable bonds is 5. The van der Waals surface area contributed by atoms with Crippen molar-refractivity contribution >= 4 is 11.9 Å². The van der Waals surface area contributed by atoms with Gasteiger partial charge in [0.05, 0.1) is 18.0 Å². The van der Waals surface area contributed by atoms with Crippen LogP contribution in [-0.2, 0) is 11.8 Å². The van der Waals surface area contributed by atoms with Gasteiger partial charge in [-0.1, -0.05) is 12.1 Å². The van der Waals surface area contributed by atoms with Crippen molar-refractivity contribution < 1.29 is 19.4 Å². The average Bonchev–Trinajstić information content (AvgIpc) is 2.90. The number of carbonyl (C=O) groups is 2. The van der Waals surface area contributed by atoms with Gasteiger partial charge >= 0.3 is 5.97 Å². The van der Waals surface area contributed by atoms with Gasteiger partial charge in [-0.15, -0.1) is 0 Å². The Hall–Kier alpha value is -2.83. The number of carbonyl (C=O) groups excluding carboxylic acids is 1. The molecule has 1 heterocycles. The van der Waals surface area contributed by atoms with Crippen molar-refractivity contribution in [2.75, 3.05) is 7.05 Å². The highest BCUT2D eigenvalue weighted by atomic mass is 16.5. The molecule has 0 aliphatic rings. The highest BCUT2D eigenvalue weighted by Gasteiger charge is 2.25. The summed E-state index contributed by atoms with van der Waals surface area (Å²) in [6.07, 6.45) is 3.20. The van der Waals surface area contributed by atoms with Crippen LogP contribution in [0.5, 0.6) is 11.5 Å². The highest BCUT2D eigenvalue weighted by molar-refractivity contribution is 5.98. The summed E-state index contributed by atoms with van der Waals surface area (Å²) >= 11 is 0. The van der Waals surface area contributed by atoms with Crippen LogP contribution < -0.4 is 4.74 Å². The molecule has 0 saturated heterocycles. The van der Waals surface area contributed by atoms with E-state index in [4.69, 9.17) is 9.84 Å². The van der Waals surface area contributed by atoms with E-state index in [0.29, 0.717) is 17.1 Å². The lowest BCUT2D eigenvalue weighted by atomic mass is 10.1. The van der Waals surface area contributed by atoms with Gasteiger partial charge in [-0.05, 0) is 19.1 Å². The Morgan fingerprint density at radius 2 is 2.05 bits per heavy atom. The molecular weight excluding hydrogens is 286 g/mol. The van der Waals surface area contributed by atoms with Crippen molar-refractivity contribution in [2.45, 2.75) is 13.0 Å². The topological polar surface area (TPSA) is 84.7 Å². The van der Waals surface area contributed by atoms with Gasteiger partial charge in [-0.25, -0.2) is 4.79 Å². The van der Waals surface area contributed by atoms with E-state index < -0.39 is 17.9 Å². The van der Waals surface area contributed by atoms with Gasteiger partial charge < -0.3 is 14.7 Å². The van der Waals surface area contributed by atoms with Gasteiger partial charge in [-0.2, -0.15) is 5.10 Å². The Balaban J connectivity index is 2.27. The third-order valence-electron chi connectivity index (χ3n) is 3.29. The molecule has 116 valence electrons. The van der Waals surface area contributed by atoms with Crippen molar-refractivity contribution in [2.24, 2.45) is 7.05 Å². The molecule has 1 atom stereocenters. The maximum Gasteiger partial charge on any atom is 0.326 e. The molecule has 1 N–H and O–H groups in total. The van der Waals surface area contributed by atoms with Crippen LogP contribution in [0.3, 0.4) is 0 Å². The number of hydrogen-bond donors (Lipinski definition) is 1. The lowest BCUT2D eigenvalue weighted by Gasteiger charge is -2.22. The summed E-state index contributed by atoms with van der Waals surface area (Å²) in [5.41, 5.74) is 0.293. The molecular formula is C15H17N3O4. The number of para-hydroxylation sites is 1. The first-order valence-corrected chi connectivity index (χ1v) is 6.65. The van der Waals surface area contributed by atoms with E-state index in [2.05, 4.69) is 5.10 Å². The van der Waals surface area contributed by atoms with E-state index in [1.54, 1.807) is 42.2 Å². The fourth-order valence-corrected chi connectivity index (χ4v) is 1.84. The van der Waals surface area contributed by atoms with Crippen molar-refractivity contribution in [3.8, 4) is 11.5 Å². The zero-order valence-corrected chi connectivity index (χ0v) is 12.6. The van der Waals surface area contributed by atoms with E-state index in [0.717, 1.165) is 4.90 Å². The normalized spacial score (nSPS) is 11.8. The molecule has 7 nitrogen and oxygen atoms in total. The van der Waals surface area contributed by atoms with Crippen LogP contribution in [0.15, 0.2) is 36.7 Å². The van der Waals surface area contributed by atoms with Crippen molar-refractivity contribution in [3.63, 3.8) is 0 Å². The van der Waals surface area contributed by atoms with E-state index in [1.807, 2.05) is 0 Å². The second kappa shape index (κ2) is 6.30. The van der Waals surface area contributed by atoms with E-state index in [-0.39, 0.29) is 0 Å². The van der Waals surface area contributed by atoms with Crippen LogP contribution in [-0.4, -0.2) is 44.8 Å². The molecule has 22 heavy (non-hydrogen) atoms. The highest BCUT2D eigenvalue weighted by Crippen LogP contribution is 2.26. The third kappa shape index (κ3) is 3.25. The first-order chi connectivity index (χ1) is 10.4. The third-order valence-corrected chi connectivity index (χ3v) is 3.29. The number of aliphatic carboxylic acids is 1. The molecule has 0 bridgehead atoms. The molecule has 1 amide bonds. The van der Waals surface area contributed by atoms with Gasteiger partial charge in [-0.3, -0.25) is 9.48 Å². The summed E-state index contributed by atoms with van der Waals surface area (Å²) in [7, 11) is 3.20. The number of nitrogens with zero attached hydrogens (tertiary/aromatic N) is 3. The van der Waals surface area contributed by atoms with Crippen molar-refractivity contribution in [1.82, 2.24) is 14.7 Å². The molecule has 0 saturated carbocycles. The summed E-state index contributed by atoms with van der Waals surface area (Å²) < 4.78 is 7.25. The van der Waals surface area contributed by atoms with Gasteiger partial charge in [0.2, 0.25) is 0 Å². The Bertz CT molecular complexity index is 696. The Kier molecular flexibility index (Phi) is 4.45. The number of aromatic nitrogens is 2. The molecule has 1 unspecified atom stereocenters. The minimum absolute atomic E-state index is 0.293. The van der Waals surface area contributed by atoms with Crippen LogP contribution >= 0.6 is 0 Å². The first-order valence-electron chi connectivity index (χ1n) is 6.65. The minimum atomic E-state index is -1.07. The molecule has 0 fully saturated rings. The Morgan fingerprint density at radius 1 is 1.36 bits per heavy atom. The van der Waals surface area contributed by atoms with Crippen molar-refractivity contribution in [1.29, 1.82) is 0 Å². The summed E-state index contributed by atoms with van der Waals surface area (Å²) in [4.78, 5) is 24.6. The number of carboxylic acids is 1. The first kappa shape index (κ1) is 15.6. The molecule has 0 aliphatic carbocycles. The lowest BCUT2D eigenvalue weighted by molar-refractivity contribution is -0.141. The molecule has 0 spiro atoms. The lowest BCUT2D eigenvalue weighted by Crippen LogP contribution is -2.40. The number of hydrogen-bond acceptors (Lipinski definition) is 4. The fraction of sp³-hybridized carbons (Fsp3) is 0.267. The minimum Gasteiger partial charge on any atom is -0.480 e. The van der Waals surface area contributed by atoms with Gasteiger partial charge in [0, 0.05) is 14.1 Å².